The van der Waals surface area contributed by atoms with Gasteiger partial charge in [-0.25, -0.2) is 4.98 Å². The Bertz CT molecular complexity index is 249. The summed E-state index contributed by atoms with van der Waals surface area (Å²) in [7, 11) is 1.68. The van der Waals surface area contributed by atoms with E-state index in [4.69, 9.17) is 4.74 Å². The van der Waals surface area contributed by atoms with E-state index in [-0.39, 0.29) is 0 Å². The van der Waals surface area contributed by atoms with Crippen LogP contribution in [0.15, 0.2) is 0 Å². The van der Waals surface area contributed by atoms with Crippen LogP contribution in [-0.2, 0) is 11.2 Å². The van der Waals surface area contributed by atoms with E-state index in [2.05, 4.69) is 28.5 Å². The minimum Gasteiger partial charge on any atom is -0.384 e. The van der Waals surface area contributed by atoms with Gasteiger partial charge in [-0.2, -0.15) is 4.37 Å². The number of aromatic nitrogens is 2. The molecule has 0 bridgehead atoms. The van der Waals surface area contributed by atoms with Gasteiger partial charge >= 0.3 is 0 Å². The molecule has 1 aromatic heterocycles. The topological polar surface area (TPSA) is 47.0 Å². The summed E-state index contributed by atoms with van der Waals surface area (Å²) in [5.41, 5.74) is 0. The van der Waals surface area contributed by atoms with Crippen molar-refractivity contribution >= 4 is 16.7 Å². The van der Waals surface area contributed by atoms with E-state index in [0.717, 1.165) is 17.4 Å². The Kier molecular flexibility index (Phi) is 4.11. The van der Waals surface area contributed by atoms with Gasteiger partial charge in [-0.3, -0.25) is 0 Å². The van der Waals surface area contributed by atoms with E-state index in [1.807, 2.05) is 0 Å². The maximum Gasteiger partial charge on any atom is 0.202 e. The number of nitrogens with one attached hydrogen (secondary N) is 1. The third kappa shape index (κ3) is 3.69. The molecule has 1 heterocycles. The molecule has 0 amide bonds. The van der Waals surface area contributed by atoms with Gasteiger partial charge in [0.1, 0.15) is 5.82 Å². The lowest BCUT2D eigenvalue weighted by Crippen LogP contribution is -2.09. The smallest absolute Gasteiger partial charge is 0.202 e. The number of hydrogen-bond donors (Lipinski definition) is 1. The standard InChI is InChI=1S/C8H15N3OS/c1-6(2)9-8-10-7(11-13-8)4-5-12-3/h6H,4-5H2,1-3H3,(H,9,10,11). The van der Waals surface area contributed by atoms with Crippen molar-refractivity contribution in [2.45, 2.75) is 26.3 Å². The van der Waals surface area contributed by atoms with Crippen LogP contribution in [0.4, 0.5) is 5.13 Å². The van der Waals surface area contributed by atoms with E-state index < -0.39 is 0 Å². The first kappa shape index (κ1) is 10.4. The molecule has 0 aliphatic carbocycles. The highest BCUT2D eigenvalue weighted by molar-refractivity contribution is 7.09. The zero-order chi connectivity index (χ0) is 9.68. The number of anilines is 1. The number of ether oxygens (including phenoxy) is 1. The molecule has 0 spiro atoms. The average molecular weight is 201 g/mol. The van der Waals surface area contributed by atoms with Crippen LogP contribution in [0, 0.1) is 0 Å². The Morgan fingerprint density at radius 1 is 1.54 bits per heavy atom. The van der Waals surface area contributed by atoms with Gasteiger partial charge in [-0.15, -0.1) is 0 Å². The monoisotopic (exact) mass is 201 g/mol. The average Bonchev–Trinajstić information content (AvgIpc) is 2.48. The fourth-order valence-corrected chi connectivity index (χ4v) is 1.61. The van der Waals surface area contributed by atoms with Crippen LogP contribution in [0.2, 0.25) is 0 Å². The number of hydrogen-bond acceptors (Lipinski definition) is 5. The Labute approximate surface area is 82.5 Å². The van der Waals surface area contributed by atoms with Crippen LogP contribution in [0.25, 0.3) is 0 Å². The lowest BCUT2D eigenvalue weighted by Gasteiger charge is -2.03. The SMILES string of the molecule is COCCc1nsc(NC(C)C)n1. The molecule has 0 aliphatic rings. The molecule has 0 radical (unpaired) electrons. The zero-order valence-electron chi connectivity index (χ0n) is 8.20. The van der Waals surface area contributed by atoms with E-state index >= 15 is 0 Å². The van der Waals surface area contributed by atoms with E-state index in [1.165, 1.54) is 11.5 Å². The van der Waals surface area contributed by atoms with E-state index in [1.54, 1.807) is 7.11 Å². The summed E-state index contributed by atoms with van der Waals surface area (Å²) in [6.07, 6.45) is 0.784. The summed E-state index contributed by atoms with van der Waals surface area (Å²) in [6.45, 7) is 4.84. The van der Waals surface area contributed by atoms with Crippen LogP contribution in [0.5, 0.6) is 0 Å². The maximum absolute atomic E-state index is 4.94. The second-order valence-corrected chi connectivity index (χ2v) is 3.81. The molecule has 0 fully saturated rings. The third-order valence-corrected chi connectivity index (χ3v) is 2.09. The van der Waals surface area contributed by atoms with Gasteiger partial charge in [0, 0.05) is 31.1 Å². The van der Waals surface area contributed by atoms with Crippen molar-refractivity contribution < 1.29 is 4.74 Å². The molecule has 0 aromatic carbocycles. The lowest BCUT2D eigenvalue weighted by molar-refractivity contribution is 0.201. The fraction of sp³-hybridized carbons (Fsp3) is 0.750. The normalized spacial score (nSPS) is 10.8. The molecule has 5 heteroatoms. The van der Waals surface area contributed by atoms with Crippen LogP contribution < -0.4 is 5.32 Å². The molecule has 0 aliphatic heterocycles. The molecule has 0 unspecified atom stereocenters. The minimum absolute atomic E-state index is 0.406. The minimum atomic E-state index is 0.406. The fourth-order valence-electron chi connectivity index (χ4n) is 0.854. The second kappa shape index (κ2) is 5.14. The molecule has 1 aromatic rings. The third-order valence-electron chi connectivity index (χ3n) is 1.41. The van der Waals surface area contributed by atoms with E-state index in [9.17, 15) is 0 Å². The van der Waals surface area contributed by atoms with Gasteiger partial charge in [0.2, 0.25) is 5.13 Å². The van der Waals surface area contributed by atoms with Crippen molar-refractivity contribution in [2.75, 3.05) is 19.0 Å². The molecule has 0 saturated heterocycles. The maximum atomic E-state index is 4.94. The molecule has 0 atom stereocenters. The van der Waals surface area contributed by atoms with Gasteiger partial charge in [-0.05, 0) is 13.8 Å². The highest BCUT2D eigenvalue weighted by Crippen LogP contribution is 2.12. The number of methoxy groups -OCH3 is 1. The molecular formula is C8H15N3OS. The first-order valence-corrected chi connectivity index (χ1v) is 5.07. The Morgan fingerprint density at radius 3 is 2.92 bits per heavy atom. The summed E-state index contributed by atoms with van der Waals surface area (Å²) in [4.78, 5) is 4.30. The summed E-state index contributed by atoms with van der Waals surface area (Å²) in [6, 6.07) is 0.406. The van der Waals surface area contributed by atoms with Crippen molar-refractivity contribution in [2.24, 2.45) is 0 Å². The first-order chi connectivity index (χ1) is 6.22. The van der Waals surface area contributed by atoms with Gasteiger partial charge in [-0.1, -0.05) is 0 Å². The van der Waals surface area contributed by atoms with Crippen molar-refractivity contribution in [3.05, 3.63) is 5.82 Å². The van der Waals surface area contributed by atoms with Crippen LogP contribution in [0.3, 0.4) is 0 Å². The second-order valence-electron chi connectivity index (χ2n) is 3.06. The van der Waals surface area contributed by atoms with Gasteiger partial charge < -0.3 is 10.1 Å². The van der Waals surface area contributed by atoms with Crippen LogP contribution >= 0.6 is 11.5 Å². The Morgan fingerprint density at radius 2 is 2.31 bits per heavy atom. The summed E-state index contributed by atoms with van der Waals surface area (Å²) < 4.78 is 9.14. The zero-order valence-corrected chi connectivity index (χ0v) is 9.02. The predicted octanol–water partition coefficient (Wildman–Crippen LogP) is 1.55. The van der Waals surface area contributed by atoms with Crippen molar-refractivity contribution in [1.82, 2.24) is 9.36 Å². The molecule has 1 rings (SSSR count). The Balaban J connectivity index is 2.44. The van der Waals surface area contributed by atoms with E-state index in [0.29, 0.717) is 12.6 Å². The van der Waals surface area contributed by atoms with Crippen molar-refractivity contribution in [3.63, 3.8) is 0 Å². The van der Waals surface area contributed by atoms with Crippen LogP contribution in [0.1, 0.15) is 19.7 Å². The Hall–Kier alpha value is -0.680. The van der Waals surface area contributed by atoms with Gasteiger partial charge in [0.15, 0.2) is 0 Å². The summed E-state index contributed by atoms with van der Waals surface area (Å²) >= 11 is 1.40. The van der Waals surface area contributed by atoms with Gasteiger partial charge in [0.25, 0.3) is 0 Å². The number of nitrogens with zero attached hydrogens (tertiary/aromatic N) is 2. The van der Waals surface area contributed by atoms with Crippen molar-refractivity contribution in [1.29, 1.82) is 0 Å². The molecule has 4 nitrogen and oxygen atoms in total. The predicted molar refractivity (Wildman–Crippen MR) is 54.2 cm³/mol. The lowest BCUT2D eigenvalue weighted by atomic mass is 10.4. The van der Waals surface area contributed by atoms with Crippen molar-refractivity contribution in [3.8, 4) is 0 Å². The first-order valence-electron chi connectivity index (χ1n) is 4.30. The quantitative estimate of drug-likeness (QED) is 0.785. The molecule has 13 heavy (non-hydrogen) atoms. The molecule has 74 valence electrons. The molecule has 1 N–H and O–H groups in total. The van der Waals surface area contributed by atoms with Crippen LogP contribution in [-0.4, -0.2) is 29.1 Å². The summed E-state index contributed by atoms with van der Waals surface area (Å²) in [5, 5.41) is 4.10. The van der Waals surface area contributed by atoms with Gasteiger partial charge in [0.05, 0.1) is 6.61 Å². The highest BCUT2D eigenvalue weighted by Gasteiger charge is 2.03. The molecular weight excluding hydrogens is 186 g/mol. The largest absolute Gasteiger partial charge is 0.384 e. The summed E-state index contributed by atoms with van der Waals surface area (Å²) in [5.74, 6) is 0.856. The molecule has 0 saturated carbocycles. The number of rotatable bonds is 5. The highest BCUT2D eigenvalue weighted by atomic mass is 32.1.